The van der Waals surface area contributed by atoms with E-state index in [1.807, 2.05) is 0 Å². The van der Waals surface area contributed by atoms with E-state index < -0.39 is 12.0 Å². The summed E-state index contributed by atoms with van der Waals surface area (Å²) in [5.41, 5.74) is 5.24. The van der Waals surface area contributed by atoms with Gasteiger partial charge in [-0.25, -0.2) is 4.98 Å². The Bertz CT molecular complexity index is 325. The molecule has 0 aromatic carbocycles. The first-order chi connectivity index (χ1) is 7.13. The van der Waals surface area contributed by atoms with Crippen molar-refractivity contribution in [2.45, 2.75) is 6.04 Å². The van der Waals surface area contributed by atoms with Crippen LogP contribution in [-0.2, 0) is 4.79 Å². The zero-order valence-electron chi connectivity index (χ0n) is 8.21. The van der Waals surface area contributed by atoms with Crippen LogP contribution in [0.5, 0.6) is 11.6 Å². The Kier molecular flexibility index (Phi) is 3.87. The second-order valence-electron chi connectivity index (χ2n) is 2.79. The Morgan fingerprint density at radius 3 is 2.87 bits per heavy atom. The molecule has 0 aliphatic rings. The van der Waals surface area contributed by atoms with Crippen molar-refractivity contribution in [2.75, 3.05) is 13.7 Å². The minimum Gasteiger partial charge on any atom is -0.495 e. The lowest BCUT2D eigenvalue weighted by Crippen LogP contribution is -2.36. The van der Waals surface area contributed by atoms with Crippen molar-refractivity contribution in [3.8, 4) is 11.6 Å². The summed E-state index contributed by atoms with van der Waals surface area (Å²) in [7, 11) is 1.53. The van der Waals surface area contributed by atoms with E-state index in [1.54, 1.807) is 12.1 Å². The van der Waals surface area contributed by atoms with E-state index in [-0.39, 0.29) is 6.61 Å². The Balaban J connectivity index is 2.47. The van der Waals surface area contributed by atoms with Gasteiger partial charge in [0.1, 0.15) is 18.4 Å². The molecule has 0 aliphatic carbocycles. The van der Waals surface area contributed by atoms with Gasteiger partial charge in [0.25, 0.3) is 0 Å². The van der Waals surface area contributed by atoms with E-state index in [9.17, 15) is 4.79 Å². The van der Waals surface area contributed by atoms with E-state index in [4.69, 9.17) is 20.3 Å². The number of aromatic nitrogens is 1. The van der Waals surface area contributed by atoms with Gasteiger partial charge in [0, 0.05) is 6.07 Å². The fourth-order valence-electron chi connectivity index (χ4n) is 0.819. The predicted octanol–water partition coefficient (Wildman–Crippen LogP) is -0.119. The molecule has 1 aromatic rings. The summed E-state index contributed by atoms with van der Waals surface area (Å²) in [6.45, 7) is -0.116. The average Bonchev–Trinajstić information content (AvgIpc) is 2.26. The first kappa shape index (κ1) is 11.3. The van der Waals surface area contributed by atoms with Gasteiger partial charge < -0.3 is 20.3 Å². The molecule has 0 saturated heterocycles. The summed E-state index contributed by atoms with van der Waals surface area (Å²) < 4.78 is 9.95. The zero-order chi connectivity index (χ0) is 11.3. The van der Waals surface area contributed by atoms with E-state index in [1.165, 1.54) is 13.3 Å². The molecule has 82 valence electrons. The Morgan fingerprint density at radius 2 is 2.40 bits per heavy atom. The van der Waals surface area contributed by atoms with Gasteiger partial charge in [0.05, 0.1) is 13.3 Å². The van der Waals surface area contributed by atoms with Crippen molar-refractivity contribution in [3.63, 3.8) is 0 Å². The SMILES string of the molecule is COc1ccc(OCC(N)C(=O)O)nc1. The summed E-state index contributed by atoms with van der Waals surface area (Å²) in [6, 6.07) is 2.19. The van der Waals surface area contributed by atoms with Gasteiger partial charge in [-0.05, 0) is 6.07 Å². The number of carboxylic acid groups (broad SMARTS) is 1. The molecule has 0 spiro atoms. The molecule has 1 heterocycles. The van der Waals surface area contributed by atoms with Crippen LogP contribution in [0.1, 0.15) is 0 Å². The summed E-state index contributed by atoms with van der Waals surface area (Å²) in [5, 5.41) is 8.50. The van der Waals surface area contributed by atoms with Crippen molar-refractivity contribution in [2.24, 2.45) is 5.73 Å². The fraction of sp³-hybridized carbons (Fsp3) is 0.333. The third kappa shape index (κ3) is 3.43. The molecule has 1 unspecified atom stereocenters. The normalized spacial score (nSPS) is 11.9. The van der Waals surface area contributed by atoms with Crippen LogP contribution in [0.3, 0.4) is 0 Å². The molecular weight excluding hydrogens is 200 g/mol. The summed E-state index contributed by atoms with van der Waals surface area (Å²) in [5.74, 6) is -0.194. The highest BCUT2D eigenvalue weighted by Crippen LogP contribution is 2.12. The molecular formula is C9H12N2O4. The van der Waals surface area contributed by atoms with Gasteiger partial charge in [0.2, 0.25) is 5.88 Å². The molecule has 6 heteroatoms. The number of hydrogen-bond acceptors (Lipinski definition) is 5. The molecule has 0 bridgehead atoms. The number of ether oxygens (including phenoxy) is 2. The highest BCUT2D eigenvalue weighted by atomic mass is 16.5. The molecule has 15 heavy (non-hydrogen) atoms. The van der Waals surface area contributed by atoms with Gasteiger partial charge in [-0.15, -0.1) is 0 Å². The lowest BCUT2D eigenvalue weighted by molar-refractivity contribution is -0.139. The highest BCUT2D eigenvalue weighted by Gasteiger charge is 2.12. The average molecular weight is 212 g/mol. The van der Waals surface area contributed by atoms with E-state index in [0.717, 1.165) is 0 Å². The maximum absolute atomic E-state index is 10.4. The first-order valence-corrected chi connectivity index (χ1v) is 4.24. The van der Waals surface area contributed by atoms with Crippen molar-refractivity contribution in [1.82, 2.24) is 4.98 Å². The Morgan fingerprint density at radius 1 is 1.67 bits per heavy atom. The van der Waals surface area contributed by atoms with Crippen LogP contribution < -0.4 is 15.2 Å². The summed E-state index contributed by atoms with van der Waals surface area (Å²) in [6.07, 6.45) is 1.47. The van der Waals surface area contributed by atoms with E-state index in [2.05, 4.69) is 4.98 Å². The highest BCUT2D eigenvalue weighted by molar-refractivity contribution is 5.73. The molecule has 0 saturated carbocycles. The smallest absolute Gasteiger partial charge is 0.324 e. The Labute approximate surface area is 86.6 Å². The van der Waals surface area contributed by atoms with Crippen molar-refractivity contribution < 1.29 is 19.4 Å². The number of nitrogens with zero attached hydrogens (tertiary/aromatic N) is 1. The standard InChI is InChI=1S/C9H12N2O4/c1-14-6-2-3-8(11-4-6)15-5-7(10)9(12)13/h2-4,7H,5,10H2,1H3,(H,12,13). The molecule has 1 aromatic heterocycles. The fourth-order valence-corrected chi connectivity index (χ4v) is 0.819. The Hall–Kier alpha value is -1.82. The zero-order valence-corrected chi connectivity index (χ0v) is 8.21. The minimum atomic E-state index is -1.11. The van der Waals surface area contributed by atoms with Crippen LogP contribution in [0.15, 0.2) is 18.3 Å². The quantitative estimate of drug-likeness (QED) is 0.706. The van der Waals surface area contributed by atoms with Crippen molar-refractivity contribution >= 4 is 5.97 Å². The number of aliphatic carboxylic acids is 1. The molecule has 0 amide bonds. The second kappa shape index (κ2) is 5.16. The van der Waals surface area contributed by atoms with Crippen LogP contribution in [-0.4, -0.2) is 35.8 Å². The minimum absolute atomic E-state index is 0.116. The molecule has 0 aliphatic heterocycles. The van der Waals surface area contributed by atoms with Crippen LogP contribution in [0.2, 0.25) is 0 Å². The second-order valence-corrected chi connectivity index (χ2v) is 2.79. The topological polar surface area (TPSA) is 94.7 Å². The molecule has 1 atom stereocenters. The van der Waals surface area contributed by atoms with Gasteiger partial charge >= 0.3 is 5.97 Å². The van der Waals surface area contributed by atoms with Gasteiger partial charge in [-0.3, -0.25) is 4.79 Å². The lowest BCUT2D eigenvalue weighted by atomic mass is 10.3. The number of hydrogen-bond donors (Lipinski definition) is 2. The number of carbonyl (C=O) groups is 1. The monoisotopic (exact) mass is 212 g/mol. The van der Waals surface area contributed by atoms with E-state index >= 15 is 0 Å². The molecule has 0 fully saturated rings. The lowest BCUT2D eigenvalue weighted by Gasteiger charge is -2.08. The van der Waals surface area contributed by atoms with E-state index in [0.29, 0.717) is 11.6 Å². The first-order valence-electron chi connectivity index (χ1n) is 4.24. The maximum Gasteiger partial charge on any atom is 0.324 e. The number of carboxylic acids is 1. The van der Waals surface area contributed by atoms with Crippen molar-refractivity contribution in [1.29, 1.82) is 0 Å². The number of nitrogens with two attached hydrogens (primary N) is 1. The summed E-state index contributed by atoms with van der Waals surface area (Å²) >= 11 is 0. The van der Waals surface area contributed by atoms with Crippen LogP contribution >= 0.6 is 0 Å². The van der Waals surface area contributed by atoms with Gasteiger partial charge in [-0.2, -0.15) is 0 Å². The van der Waals surface area contributed by atoms with Crippen molar-refractivity contribution in [3.05, 3.63) is 18.3 Å². The van der Waals surface area contributed by atoms with Gasteiger partial charge in [0.15, 0.2) is 0 Å². The largest absolute Gasteiger partial charge is 0.495 e. The predicted molar refractivity (Wildman–Crippen MR) is 51.9 cm³/mol. The molecule has 0 radical (unpaired) electrons. The van der Waals surface area contributed by atoms with Gasteiger partial charge in [-0.1, -0.05) is 0 Å². The third-order valence-electron chi connectivity index (χ3n) is 1.67. The molecule has 1 rings (SSSR count). The molecule has 3 N–H and O–H groups in total. The van der Waals surface area contributed by atoms with Crippen LogP contribution in [0.4, 0.5) is 0 Å². The van der Waals surface area contributed by atoms with Crippen LogP contribution in [0.25, 0.3) is 0 Å². The number of rotatable bonds is 5. The van der Waals surface area contributed by atoms with Crippen LogP contribution in [0, 0.1) is 0 Å². The molecule has 6 nitrogen and oxygen atoms in total. The number of pyridine rings is 1. The third-order valence-corrected chi connectivity index (χ3v) is 1.67. The number of methoxy groups -OCH3 is 1. The maximum atomic E-state index is 10.4. The summed E-state index contributed by atoms with van der Waals surface area (Å²) in [4.78, 5) is 14.3.